The number of benzene rings is 2. The van der Waals surface area contributed by atoms with E-state index in [0.29, 0.717) is 22.1 Å². The highest BCUT2D eigenvalue weighted by Gasteiger charge is 2.18. The van der Waals surface area contributed by atoms with E-state index in [9.17, 15) is 14.0 Å². The van der Waals surface area contributed by atoms with E-state index in [0.717, 1.165) is 5.56 Å². The highest BCUT2D eigenvalue weighted by atomic mass is 32.1. The van der Waals surface area contributed by atoms with Crippen LogP contribution in [0, 0.1) is 12.7 Å². The third-order valence-electron chi connectivity index (χ3n) is 5.00. The molecular formula is C25H22FN3O4S. The second-order valence-electron chi connectivity index (χ2n) is 7.44. The number of thiazole rings is 1. The first-order valence-corrected chi connectivity index (χ1v) is 11.4. The van der Waals surface area contributed by atoms with Crippen molar-refractivity contribution in [2.24, 2.45) is 0 Å². The smallest absolute Gasteiger partial charge is 0.260 e. The summed E-state index contributed by atoms with van der Waals surface area (Å²) in [7, 11) is 0. The Morgan fingerprint density at radius 3 is 2.62 bits per heavy atom. The molecule has 2 aromatic carbocycles. The van der Waals surface area contributed by atoms with Crippen LogP contribution in [0.4, 0.5) is 9.52 Å². The summed E-state index contributed by atoms with van der Waals surface area (Å²) < 4.78 is 24.7. The van der Waals surface area contributed by atoms with Gasteiger partial charge in [-0.25, -0.2) is 9.37 Å². The van der Waals surface area contributed by atoms with Crippen molar-refractivity contribution in [2.45, 2.75) is 19.4 Å². The Labute approximate surface area is 199 Å². The number of nitrogens with one attached hydrogen (secondary N) is 2. The summed E-state index contributed by atoms with van der Waals surface area (Å²) in [4.78, 5) is 29.4. The summed E-state index contributed by atoms with van der Waals surface area (Å²) in [6, 6.07) is 16.5. The maximum atomic E-state index is 13.9. The molecule has 2 aromatic heterocycles. The summed E-state index contributed by atoms with van der Waals surface area (Å²) >= 11 is 1.23. The molecule has 1 atom stereocenters. The van der Waals surface area contributed by atoms with Crippen molar-refractivity contribution in [3.8, 4) is 5.75 Å². The van der Waals surface area contributed by atoms with Crippen molar-refractivity contribution >= 4 is 28.3 Å². The van der Waals surface area contributed by atoms with E-state index in [1.165, 1.54) is 29.7 Å². The number of halogens is 1. The molecule has 4 rings (SSSR count). The number of anilines is 1. The van der Waals surface area contributed by atoms with Gasteiger partial charge in [-0.3, -0.25) is 14.9 Å². The fourth-order valence-corrected chi connectivity index (χ4v) is 3.99. The minimum Gasteiger partial charge on any atom is -0.488 e. The van der Waals surface area contributed by atoms with E-state index in [4.69, 9.17) is 9.15 Å². The lowest BCUT2D eigenvalue weighted by Gasteiger charge is -2.20. The molecule has 0 aliphatic carbocycles. The summed E-state index contributed by atoms with van der Waals surface area (Å²) in [5.74, 6) is -0.446. The molecule has 1 unspecified atom stereocenters. The van der Waals surface area contributed by atoms with Crippen LogP contribution in [0.15, 0.2) is 76.7 Å². The Bertz CT molecular complexity index is 1270. The molecule has 0 spiro atoms. The third-order valence-corrected chi connectivity index (χ3v) is 5.80. The fourth-order valence-electron chi connectivity index (χ4n) is 3.28. The number of carbonyl (C=O) groups excluding carboxylic acids is 2. The first kappa shape index (κ1) is 23.2. The van der Waals surface area contributed by atoms with Gasteiger partial charge < -0.3 is 14.5 Å². The highest BCUT2D eigenvalue weighted by Crippen LogP contribution is 2.21. The number of aryl methyl sites for hydroxylation is 1. The lowest BCUT2D eigenvalue weighted by Crippen LogP contribution is -2.33. The van der Waals surface area contributed by atoms with Crippen molar-refractivity contribution in [1.29, 1.82) is 0 Å². The zero-order chi connectivity index (χ0) is 23.9. The van der Waals surface area contributed by atoms with Gasteiger partial charge in [-0.05, 0) is 30.7 Å². The number of carbonyl (C=O) groups is 2. The van der Waals surface area contributed by atoms with Gasteiger partial charge in [0.1, 0.15) is 12.4 Å². The van der Waals surface area contributed by atoms with Crippen molar-refractivity contribution in [3.05, 3.63) is 101 Å². The molecule has 0 saturated heterocycles. The van der Waals surface area contributed by atoms with Crippen LogP contribution in [0.25, 0.3) is 0 Å². The number of furan rings is 1. The molecule has 9 heteroatoms. The Morgan fingerprint density at radius 2 is 1.88 bits per heavy atom. The van der Waals surface area contributed by atoms with Crippen molar-refractivity contribution in [3.63, 3.8) is 0 Å². The number of nitrogens with zero attached hydrogens (tertiary/aromatic N) is 1. The van der Waals surface area contributed by atoms with Crippen LogP contribution in [0.2, 0.25) is 0 Å². The molecule has 7 nitrogen and oxygen atoms in total. The summed E-state index contributed by atoms with van der Waals surface area (Å²) in [6.07, 6.45) is 1.46. The molecule has 0 saturated carbocycles. The van der Waals surface area contributed by atoms with Gasteiger partial charge in [0, 0.05) is 5.38 Å². The van der Waals surface area contributed by atoms with Crippen LogP contribution in [0.1, 0.15) is 33.4 Å². The lowest BCUT2D eigenvalue weighted by molar-refractivity contribution is -0.121. The van der Waals surface area contributed by atoms with E-state index < -0.39 is 11.9 Å². The molecule has 4 aromatic rings. The first-order valence-electron chi connectivity index (χ1n) is 10.5. The Balaban J connectivity index is 1.38. The molecule has 2 amide bonds. The number of hydrogen-bond donors (Lipinski definition) is 2. The quantitative estimate of drug-likeness (QED) is 0.356. The van der Waals surface area contributed by atoms with Crippen LogP contribution in [-0.2, 0) is 11.2 Å². The second kappa shape index (κ2) is 10.8. The molecule has 0 fully saturated rings. The van der Waals surface area contributed by atoms with Crippen LogP contribution >= 0.6 is 11.3 Å². The van der Waals surface area contributed by atoms with E-state index in [-0.39, 0.29) is 30.6 Å². The standard InChI is InChI=1S/C25H22FN3O4S/c1-16-19(11-12-32-16)24(31)29-25-27-18(15-34-25)13-23(30)28-21(17-7-3-2-4-8-17)14-33-22-10-6-5-9-20(22)26/h2-12,15,21H,13-14H2,1H3,(H,28,30)(H,27,29,31). The molecule has 0 aliphatic heterocycles. The van der Waals surface area contributed by atoms with E-state index in [1.807, 2.05) is 30.3 Å². The molecule has 0 aliphatic rings. The molecule has 2 heterocycles. The monoisotopic (exact) mass is 479 g/mol. The van der Waals surface area contributed by atoms with E-state index >= 15 is 0 Å². The largest absolute Gasteiger partial charge is 0.488 e. The Morgan fingerprint density at radius 1 is 1.12 bits per heavy atom. The van der Waals surface area contributed by atoms with Crippen LogP contribution < -0.4 is 15.4 Å². The van der Waals surface area contributed by atoms with Gasteiger partial charge in [-0.2, -0.15) is 0 Å². The molecule has 34 heavy (non-hydrogen) atoms. The Hall–Kier alpha value is -3.98. The van der Waals surface area contributed by atoms with Crippen molar-refractivity contribution in [2.75, 3.05) is 11.9 Å². The maximum absolute atomic E-state index is 13.9. The van der Waals surface area contributed by atoms with Crippen LogP contribution in [-0.4, -0.2) is 23.4 Å². The Kier molecular flexibility index (Phi) is 7.34. The predicted molar refractivity (Wildman–Crippen MR) is 126 cm³/mol. The average molecular weight is 480 g/mol. The number of ether oxygens (including phenoxy) is 1. The first-order chi connectivity index (χ1) is 16.5. The molecule has 2 N–H and O–H groups in total. The van der Waals surface area contributed by atoms with Gasteiger partial charge in [0.25, 0.3) is 5.91 Å². The topological polar surface area (TPSA) is 93.5 Å². The summed E-state index contributed by atoms with van der Waals surface area (Å²) in [5.41, 5.74) is 1.77. The number of para-hydroxylation sites is 1. The minimum absolute atomic E-state index is 0.0140. The second-order valence-corrected chi connectivity index (χ2v) is 8.30. The molecule has 0 radical (unpaired) electrons. The van der Waals surface area contributed by atoms with Gasteiger partial charge in [-0.1, -0.05) is 42.5 Å². The number of aromatic nitrogens is 1. The number of amides is 2. The number of hydrogen-bond acceptors (Lipinski definition) is 6. The van der Waals surface area contributed by atoms with Crippen molar-refractivity contribution in [1.82, 2.24) is 10.3 Å². The number of rotatable bonds is 9. The lowest BCUT2D eigenvalue weighted by atomic mass is 10.1. The summed E-state index contributed by atoms with van der Waals surface area (Å²) in [6.45, 7) is 1.75. The van der Waals surface area contributed by atoms with Gasteiger partial charge in [-0.15, -0.1) is 11.3 Å². The third kappa shape index (κ3) is 5.87. The zero-order valence-electron chi connectivity index (χ0n) is 18.3. The fraction of sp³-hybridized carbons (Fsp3) is 0.160. The maximum Gasteiger partial charge on any atom is 0.260 e. The average Bonchev–Trinajstić information content (AvgIpc) is 3.46. The van der Waals surface area contributed by atoms with Gasteiger partial charge in [0.05, 0.1) is 30.0 Å². The van der Waals surface area contributed by atoms with Gasteiger partial charge in [0.15, 0.2) is 16.7 Å². The van der Waals surface area contributed by atoms with E-state index in [2.05, 4.69) is 15.6 Å². The highest BCUT2D eigenvalue weighted by molar-refractivity contribution is 7.14. The summed E-state index contributed by atoms with van der Waals surface area (Å²) in [5, 5.41) is 7.74. The zero-order valence-corrected chi connectivity index (χ0v) is 19.1. The normalized spacial score (nSPS) is 11.6. The SMILES string of the molecule is Cc1occc1C(=O)Nc1nc(CC(=O)NC(COc2ccccc2F)c2ccccc2)cs1. The van der Waals surface area contributed by atoms with Crippen LogP contribution in [0.5, 0.6) is 5.75 Å². The van der Waals surface area contributed by atoms with Crippen LogP contribution in [0.3, 0.4) is 0 Å². The van der Waals surface area contributed by atoms with Gasteiger partial charge in [0.2, 0.25) is 5.91 Å². The predicted octanol–water partition coefficient (Wildman–Crippen LogP) is 4.91. The molecule has 0 bridgehead atoms. The van der Waals surface area contributed by atoms with E-state index in [1.54, 1.807) is 30.5 Å². The molecule has 174 valence electrons. The van der Waals surface area contributed by atoms with Crippen molar-refractivity contribution < 1.29 is 23.1 Å². The minimum atomic E-state index is -0.491. The van der Waals surface area contributed by atoms with Gasteiger partial charge >= 0.3 is 0 Å². The molecular weight excluding hydrogens is 457 g/mol.